The number of aromatic nitrogens is 2. The molecular formula is C21H19F3N4O2. The second-order valence-electron chi connectivity index (χ2n) is 6.46. The Balaban J connectivity index is 1.98. The molecule has 0 atom stereocenters. The van der Waals surface area contributed by atoms with Crippen LogP contribution in [0, 0.1) is 13.8 Å². The number of carbonyl (C=O) groups excluding carboxylic acids is 1. The van der Waals surface area contributed by atoms with E-state index in [-0.39, 0.29) is 11.3 Å². The number of anilines is 3. The minimum absolute atomic E-state index is 0.0116. The van der Waals surface area contributed by atoms with Gasteiger partial charge in [0.2, 0.25) is 5.88 Å². The average Bonchev–Trinajstić information content (AvgIpc) is 2.70. The van der Waals surface area contributed by atoms with Crippen LogP contribution in [-0.2, 0) is 6.18 Å². The first-order valence-corrected chi connectivity index (χ1v) is 8.92. The van der Waals surface area contributed by atoms with Gasteiger partial charge in [0.1, 0.15) is 0 Å². The van der Waals surface area contributed by atoms with Gasteiger partial charge in [-0.1, -0.05) is 0 Å². The SMILES string of the molecule is COc1ccc(NC(=O)c2ccc(C(F)(F)F)cc2Nc2cccnc2C)c(C)n1. The number of carbonyl (C=O) groups is 1. The van der Waals surface area contributed by atoms with Crippen molar-refractivity contribution < 1.29 is 22.7 Å². The predicted octanol–water partition coefficient (Wildman–Crippen LogP) is 5.12. The van der Waals surface area contributed by atoms with Gasteiger partial charge in [-0.25, -0.2) is 4.98 Å². The van der Waals surface area contributed by atoms with Crippen molar-refractivity contribution in [2.24, 2.45) is 0 Å². The van der Waals surface area contributed by atoms with Crippen molar-refractivity contribution in [1.82, 2.24) is 9.97 Å². The minimum atomic E-state index is -4.55. The Kier molecular flexibility index (Phi) is 5.91. The minimum Gasteiger partial charge on any atom is -0.481 e. The molecule has 1 aromatic carbocycles. The smallest absolute Gasteiger partial charge is 0.416 e. The fourth-order valence-corrected chi connectivity index (χ4v) is 2.76. The standard InChI is InChI=1S/C21H19F3N4O2/c1-12-16(5-4-10-25-12)27-18-11-14(21(22,23)24)6-7-15(18)20(29)28-17-8-9-19(30-3)26-13(17)2/h4-11,27H,1-3H3,(H,28,29). The Hall–Kier alpha value is -3.62. The fourth-order valence-electron chi connectivity index (χ4n) is 2.76. The lowest BCUT2D eigenvalue weighted by molar-refractivity contribution is -0.137. The van der Waals surface area contributed by atoms with Gasteiger partial charge in [-0.05, 0) is 50.2 Å². The van der Waals surface area contributed by atoms with E-state index in [9.17, 15) is 18.0 Å². The third-order valence-corrected chi connectivity index (χ3v) is 4.39. The van der Waals surface area contributed by atoms with E-state index in [2.05, 4.69) is 20.6 Å². The number of benzene rings is 1. The molecule has 2 heterocycles. The zero-order valence-electron chi connectivity index (χ0n) is 16.5. The Labute approximate surface area is 171 Å². The van der Waals surface area contributed by atoms with Gasteiger partial charge in [-0.15, -0.1) is 0 Å². The molecule has 0 aliphatic heterocycles. The Morgan fingerprint density at radius 3 is 2.40 bits per heavy atom. The Bertz CT molecular complexity index is 1080. The number of pyridine rings is 2. The van der Waals surface area contributed by atoms with E-state index in [0.29, 0.717) is 28.6 Å². The topological polar surface area (TPSA) is 76.1 Å². The molecule has 2 N–H and O–H groups in total. The third-order valence-electron chi connectivity index (χ3n) is 4.39. The number of hydrogen-bond donors (Lipinski definition) is 2. The molecule has 0 aliphatic rings. The number of rotatable bonds is 5. The zero-order chi connectivity index (χ0) is 21.9. The van der Waals surface area contributed by atoms with Crippen LogP contribution < -0.4 is 15.4 Å². The van der Waals surface area contributed by atoms with E-state index in [1.807, 2.05) is 0 Å². The van der Waals surface area contributed by atoms with Crippen LogP contribution >= 0.6 is 0 Å². The molecule has 0 radical (unpaired) electrons. The summed E-state index contributed by atoms with van der Waals surface area (Å²) in [6, 6.07) is 9.42. The highest BCUT2D eigenvalue weighted by atomic mass is 19.4. The van der Waals surface area contributed by atoms with E-state index in [1.54, 1.807) is 44.3 Å². The van der Waals surface area contributed by atoms with Crippen LogP contribution in [0.1, 0.15) is 27.3 Å². The van der Waals surface area contributed by atoms with Gasteiger partial charge < -0.3 is 15.4 Å². The summed E-state index contributed by atoms with van der Waals surface area (Å²) in [4.78, 5) is 21.2. The van der Waals surface area contributed by atoms with Crippen molar-refractivity contribution in [3.63, 3.8) is 0 Å². The van der Waals surface area contributed by atoms with Gasteiger partial charge in [-0.2, -0.15) is 13.2 Å². The van der Waals surface area contributed by atoms with Crippen molar-refractivity contribution >= 4 is 23.0 Å². The van der Waals surface area contributed by atoms with Crippen molar-refractivity contribution in [3.05, 3.63) is 71.2 Å². The number of nitrogens with one attached hydrogen (secondary N) is 2. The van der Waals surface area contributed by atoms with Crippen molar-refractivity contribution in [2.45, 2.75) is 20.0 Å². The molecular weight excluding hydrogens is 397 g/mol. The molecule has 2 aromatic heterocycles. The van der Waals surface area contributed by atoms with Gasteiger partial charge in [-0.3, -0.25) is 9.78 Å². The molecule has 30 heavy (non-hydrogen) atoms. The van der Waals surface area contributed by atoms with Crippen LogP contribution in [0.15, 0.2) is 48.7 Å². The van der Waals surface area contributed by atoms with Gasteiger partial charge in [0, 0.05) is 12.3 Å². The molecule has 0 spiro atoms. The highest BCUT2D eigenvalue weighted by Crippen LogP contribution is 2.34. The summed E-state index contributed by atoms with van der Waals surface area (Å²) in [6.45, 7) is 3.39. The first kappa shape index (κ1) is 21.1. The maximum atomic E-state index is 13.2. The van der Waals surface area contributed by atoms with Crippen molar-refractivity contribution in [2.75, 3.05) is 17.7 Å². The molecule has 156 valence electrons. The van der Waals surface area contributed by atoms with Gasteiger partial charge in [0.25, 0.3) is 5.91 Å². The van der Waals surface area contributed by atoms with E-state index in [1.165, 1.54) is 7.11 Å². The second-order valence-corrected chi connectivity index (χ2v) is 6.46. The van der Waals surface area contributed by atoms with Crippen LogP contribution in [0.2, 0.25) is 0 Å². The van der Waals surface area contributed by atoms with E-state index >= 15 is 0 Å². The summed E-state index contributed by atoms with van der Waals surface area (Å²) >= 11 is 0. The summed E-state index contributed by atoms with van der Waals surface area (Å²) in [5.74, 6) is -0.197. The number of nitrogens with zero attached hydrogens (tertiary/aromatic N) is 2. The maximum absolute atomic E-state index is 13.2. The molecule has 0 saturated heterocycles. The lowest BCUT2D eigenvalue weighted by Crippen LogP contribution is -2.16. The first-order chi connectivity index (χ1) is 14.2. The van der Waals surface area contributed by atoms with E-state index in [4.69, 9.17) is 4.74 Å². The van der Waals surface area contributed by atoms with Crippen LogP contribution in [0.4, 0.5) is 30.2 Å². The maximum Gasteiger partial charge on any atom is 0.416 e. The highest BCUT2D eigenvalue weighted by molar-refractivity contribution is 6.08. The number of halogens is 3. The van der Waals surface area contributed by atoms with E-state index < -0.39 is 17.6 Å². The third kappa shape index (κ3) is 4.68. The number of ether oxygens (including phenoxy) is 1. The molecule has 0 aliphatic carbocycles. The van der Waals surface area contributed by atoms with Gasteiger partial charge in [0.05, 0.1) is 46.7 Å². The predicted molar refractivity (Wildman–Crippen MR) is 107 cm³/mol. The highest BCUT2D eigenvalue weighted by Gasteiger charge is 2.31. The second kappa shape index (κ2) is 8.40. The van der Waals surface area contributed by atoms with Crippen LogP contribution in [0.25, 0.3) is 0 Å². The van der Waals surface area contributed by atoms with Gasteiger partial charge >= 0.3 is 6.18 Å². The van der Waals surface area contributed by atoms with Crippen LogP contribution in [0.3, 0.4) is 0 Å². The fraction of sp³-hybridized carbons (Fsp3) is 0.190. The molecule has 9 heteroatoms. The van der Waals surface area contributed by atoms with Crippen LogP contribution in [-0.4, -0.2) is 23.0 Å². The first-order valence-electron chi connectivity index (χ1n) is 8.92. The summed E-state index contributed by atoms with van der Waals surface area (Å²) < 4.78 is 44.7. The summed E-state index contributed by atoms with van der Waals surface area (Å²) in [5.41, 5.74) is 1.19. The molecule has 0 bridgehead atoms. The quantitative estimate of drug-likeness (QED) is 0.604. The Morgan fingerprint density at radius 2 is 1.77 bits per heavy atom. The number of amides is 1. The average molecular weight is 416 g/mol. The normalized spacial score (nSPS) is 11.1. The van der Waals surface area contributed by atoms with Crippen LogP contribution in [0.5, 0.6) is 5.88 Å². The molecule has 0 saturated carbocycles. The summed E-state index contributed by atoms with van der Waals surface area (Å²) in [5, 5.41) is 5.58. The number of alkyl halides is 3. The largest absolute Gasteiger partial charge is 0.481 e. The lowest BCUT2D eigenvalue weighted by Gasteiger charge is -2.16. The number of methoxy groups -OCH3 is 1. The molecule has 3 aromatic rings. The molecule has 0 fully saturated rings. The lowest BCUT2D eigenvalue weighted by atomic mass is 10.1. The van der Waals surface area contributed by atoms with Crippen molar-refractivity contribution in [3.8, 4) is 5.88 Å². The monoisotopic (exact) mass is 416 g/mol. The molecule has 6 nitrogen and oxygen atoms in total. The molecule has 3 rings (SSSR count). The zero-order valence-corrected chi connectivity index (χ0v) is 16.5. The van der Waals surface area contributed by atoms with E-state index in [0.717, 1.165) is 18.2 Å². The summed E-state index contributed by atoms with van der Waals surface area (Å²) in [7, 11) is 1.47. The number of hydrogen-bond acceptors (Lipinski definition) is 5. The number of aryl methyl sites for hydroxylation is 2. The molecule has 1 amide bonds. The summed E-state index contributed by atoms with van der Waals surface area (Å²) in [6.07, 6.45) is -2.98. The van der Waals surface area contributed by atoms with Crippen molar-refractivity contribution in [1.29, 1.82) is 0 Å². The van der Waals surface area contributed by atoms with Gasteiger partial charge in [0.15, 0.2) is 0 Å². The molecule has 0 unspecified atom stereocenters. The Morgan fingerprint density at radius 1 is 1.00 bits per heavy atom.